The number of hydrogen-bond donors (Lipinski definition) is 3. The van der Waals surface area contributed by atoms with E-state index in [1.165, 1.54) is 29.6 Å². The lowest BCUT2D eigenvalue weighted by atomic mass is 9.79. The van der Waals surface area contributed by atoms with E-state index in [-0.39, 0.29) is 24.2 Å². The van der Waals surface area contributed by atoms with Gasteiger partial charge in [0.05, 0.1) is 12.2 Å². The lowest BCUT2D eigenvalue weighted by Crippen LogP contribution is -2.63. The Morgan fingerprint density at radius 2 is 1.67 bits per heavy atom. The van der Waals surface area contributed by atoms with E-state index in [0.29, 0.717) is 5.78 Å². The maximum Gasteiger partial charge on any atom is 0.313 e. The first-order chi connectivity index (χ1) is 17.6. The van der Waals surface area contributed by atoms with Gasteiger partial charge in [-0.05, 0) is 74.1 Å². The first kappa shape index (κ1) is 24.8. The number of fused-ring (bicyclic) bond motifs is 3. The lowest BCUT2D eigenvalue weighted by Gasteiger charge is -2.46. The minimum absolute atomic E-state index is 0.0644. The highest BCUT2D eigenvalue weighted by Gasteiger charge is 2.42. The molecule has 2 fully saturated rings. The molecule has 1 saturated carbocycles. The molecule has 6 rings (SSSR count). The van der Waals surface area contributed by atoms with Crippen LogP contribution >= 0.6 is 0 Å². The van der Waals surface area contributed by atoms with Crippen molar-refractivity contribution in [1.29, 1.82) is 0 Å². The number of ketones is 1. The highest BCUT2D eigenvalue weighted by atomic mass is 16.2. The molecule has 192 valence electrons. The molecule has 3 atom stereocenters. The minimum Gasteiger partial charge on any atom is -0.380 e. The number of allylic oxidation sites excluding steroid dienone is 6. The van der Waals surface area contributed by atoms with Crippen LogP contribution in [0.2, 0.25) is 0 Å². The number of anilines is 1. The number of primary amides is 1. The number of likely N-dealkylation sites (tertiary alicyclic amines) is 1. The van der Waals surface area contributed by atoms with E-state index in [1.54, 1.807) is 0 Å². The summed E-state index contributed by atoms with van der Waals surface area (Å²) in [5.74, 6) is 0.503. The van der Waals surface area contributed by atoms with E-state index in [9.17, 15) is 9.59 Å². The summed E-state index contributed by atoms with van der Waals surface area (Å²) in [5.41, 5.74) is 10.9. The standard InChI is InChI=1S/C23H34N4O2.C7H6/c24-23(29)26-20-12-6-7-15-27(20)21(22(28)17-9-2-1-3-10-17)19-14-13-16-8-4-5-11-18(16)25-19;1-2-7-4-3-6(1)5-7/h4-5,8,11,17,19-21,25H,1-3,6-7,9-10,12-15H2,(H3,24,26,29);1-4H,5H2. The molecule has 1 aromatic rings. The molecule has 2 heterocycles. The van der Waals surface area contributed by atoms with Crippen LogP contribution in [-0.2, 0) is 11.2 Å². The number of piperidine rings is 1. The second kappa shape index (κ2) is 11.5. The fourth-order valence-electron chi connectivity index (χ4n) is 6.54. The molecule has 2 aliphatic heterocycles. The average Bonchev–Trinajstić information content (AvgIpc) is 3.57. The summed E-state index contributed by atoms with van der Waals surface area (Å²) in [6.45, 7) is 0.827. The quantitative estimate of drug-likeness (QED) is 0.530. The smallest absolute Gasteiger partial charge is 0.313 e. The first-order valence-electron chi connectivity index (χ1n) is 13.9. The molecule has 6 heteroatoms. The number of carbonyl (C=O) groups excluding carboxylic acids is 2. The van der Waals surface area contributed by atoms with Gasteiger partial charge in [0.2, 0.25) is 0 Å². The summed E-state index contributed by atoms with van der Waals surface area (Å²) < 4.78 is 0. The topological polar surface area (TPSA) is 87.5 Å². The van der Waals surface area contributed by atoms with Crippen LogP contribution in [0.4, 0.5) is 10.5 Å². The zero-order valence-electron chi connectivity index (χ0n) is 21.3. The summed E-state index contributed by atoms with van der Waals surface area (Å²) in [6, 6.07) is 7.73. The van der Waals surface area contributed by atoms with Gasteiger partial charge < -0.3 is 16.4 Å². The molecule has 3 aliphatic carbocycles. The van der Waals surface area contributed by atoms with Gasteiger partial charge in [0.1, 0.15) is 0 Å². The van der Waals surface area contributed by atoms with Gasteiger partial charge in [-0.3, -0.25) is 9.69 Å². The molecule has 1 saturated heterocycles. The number of hydrogen-bond acceptors (Lipinski definition) is 4. The Balaban J connectivity index is 0.000000323. The van der Waals surface area contributed by atoms with Gasteiger partial charge in [-0.15, -0.1) is 0 Å². The van der Waals surface area contributed by atoms with Crippen molar-refractivity contribution < 1.29 is 9.59 Å². The fraction of sp³-hybridized carbons (Fsp3) is 0.533. The second-order valence-corrected chi connectivity index (χ2v) is 10.9. The van der Waals surface area contributed by atoms with Crippen molar-refractivity contribution in [2.45, 2.75) is 88.9 Å². The molecule has 3 unspecified atom stereocenters. The maximum absolute atomic E-state index is 13.8. The Morgan fingerprint density at radius 3 is 2.33 bits per heavy atom. The predicted molar refractivity (Wildman–Crippen MR) is 145 cm³/mol. The monoisotopic (exact) mass is 488 g/mol. The van der Waals surface area contributed by atoms with Crippen LogP contribution in [-0.4, -0.2) is 41.5 Å². The van der Waals surface area contributed by atoms with E-state index >= 15 is 0 Å². The van der Waals surface area contributed by atoms with E-state index < -0.39 is 6.03 Å². The zero-order chi connectivity index (χ0) is 24.9. The van der Waals surface area contributed by atoms with Crippen molar-refractivity contribution in [2.24, 2.45) is 11.7 Å². The van der Waals surface area contributed by atoms with Crippen molar-refractivity contribution in [1.82, 2.24) is 10.2 Å². The molecule has 0 aromatic heterocycles. The molecule has 36 heavy (non-hydrogen) atoms. The van der Waals surface area contributed by atoms with Crippen LogP contribution in [0, 0.1) is 5.92 Å². The molecule has 6 nitrogen and oxygen atoms in total. The maximum atomic E-state index is 13.8. The number of aryl methyl sites for hydroxylation is 1. The van der Waals surface area contributed by atoms with Crippen LogP contribution in [0.25, 0.3) is 0 Å². The van der Waals surface area contributed by atoms with Crippen LogP contribution in [0.15, 0.2) is 59.7 Å². The number of nitrogens with zero attached hydrogens (tertiary/aromatic N) is 1. The van der Waals surface area contributed by atoms with Gasteiger partial charge >= 0.3 is 6.03 Å². The molecule has 2 amide bonds. The third-order valence-electron chi connectivity index (χ3n) is 8.40. The van der Waals surface area contributed by atoms with E-state index in [2.05, 4.69) is 58.0 Å². The number of amides is 2. The summed E-state index contributed by atoms with van der Waals surface area (Å²) in [6.07, 6.45) is 20.1. The van der Waals surface area contributed by atoms with Crippen LogP contribution in [0.5, 0.6) is 0 Å². The largest absolute Gasteiger partial charge is 0.380 e. The fourth-order valence-corrected chi connectivity index (χ4v) is 6.54. The SMILES string of the molecule is C1=CC2=CC=C1C2.NC(=O)NC1CCCCN1C(C(=O)C1CCCCC1)C1CCc2ccccc2N1. The van der Waals surface area contributed by atoms with Crippen molar-refractivity contribution >= 4 is 17.5 Å². The highest BCUT2D eigenvalue weighted by Crippen LogP contribution is 2.34. The number of carbonyl (C=O) groups is 2. The van der Waals surface area contributed by atoms with E-state index in [1.807, 2.05) is 6.07 Å². The summed E-state index contributed by atoms with van der Waals surface area (Å²) in [4.78, 5) is 27.7. The minimum atomic E-state index is -0.507. The van der Waals surface area contributed by atoms with Gasteiger partial charge in [0, 0.05) is 24.2 Å². The van der Waals surface area contributed by atoms with Gasteiger partial charge in [-0.1, -0.05) is 61.8 Å². The van der Waals surface area contributed by atoms with Crippen molar-refractivity contribution in [3.05, 3.63) is 65.3 Å². The van der Waals surface area contributed by atoms with Crippen molar-refractivity contribution in [3.63, 3.8) is 0 Å². The summed E-state index contributed by atoms with van der Waals surface area (Å²) >= 11 is 0. The zero-order valence-corrected chi connectivity index (χ0v) is 21.3. The summed E-state index contributed by atoms with van der Waals surface area (Å²) in [7, 11) is 0. The molecule has 2 bridgehead atoms. The van der Waals surface area contributed by atoms with Crippen LogP contribution in [0.1, 0.15) is 69.8 Å². The Hall–Kier alpha value is -2.86. The van der Waals surface area contributed by atoms with Crippen molar-refractivity contribution in [3.8, 4) is 0 Å². The Bertz CT molecular complexity index is 1030. The average molecular weight is 489 g/mol. The molecule has 1 aromatic carbocycles. The highest BCUT2D eigenvalue weighted by molar-refractivity contribution is 5.88. The normalized spacial score (nSPS) is 26.0. The molecule has 0 radical (unpaired) electrons. The summed E-state index contributed by atoms with van der Waals surface area (Å²) in [5, 5.41) is 6.59. The van der Waals surface area contributed by atoms with E-state index in [4.69, 9.17) is 5.73 Å². The molecular weight excluding hydrogens is 448 g/mol. The Kier molecular flexibility index (Phi) is 7.90. The van der Waals surface area contributed by atoms with Crippen molar-refractivity contribution in [2.75, 3.05) is 11.9 Å². The Morgan fingerprint density at radius 1 is 0.944 bits per heavy atom. The number of rotatable bonds is 5. The van der Waals surface area contributed by atoms with Crippen LogP contribution < -0.4 is 16.4 Å². The van der Waals surface area contributed by atoms with Crippen LogP contribution in [0.3, 0.4) is 0 Å². The molecule has 0 spiro atoms. The van der Waals surface area contributed by atoms with Gasteiger partial charge in [-0.25, -0.2) is 4.79 Å². The third-order valence-corrected chi connectivity index (χ3v) is 8.40. The number of Topliss-reactive ketones (excluding diaryl/α,β-unsaturated/α-hetero) is 1. The third kappa shape index (κ3) is 5.75. The first-order valence-corrected chi connectivity index (χ1v) is 13.9. The number of urea groups is 1. The van der Waals surface area contributed by atoms with Gasteiger partial charge in [0.25, 0.3) is 0 Å². The second-order valence-electron chi connectivity index (χ2n) is 10.9. The lowest BCUT2D eigenvalue weighted by molar-refractivity contribution is -0.132. The van der Waals surface area contributed by atoms with E-state index in [0.717, 1.165) is 70.0 Å². The van der Waals surface area contributed by atoms with Gasteiger partial charge in [0.15, 0.2) is 5.78 Å². The van der Waals surface area contributed by atoms with Gasteiger partial charge in [-0.2, -0.15) is 0 Å². The molecule has 4 N–H and O–H groups in total. The number of nitrogens with two attached hydrogens (primary N) is 1. The predicted octanol–water partition coefficient (Wildman–Crippen LogP) is 5.22. The molecular formula is C30H40N4O2. The molecule has 5 aliphatic rings. The number of para-hydroxylation sites is 1. The Labute approximate surface area is 215 Å². The number of benzene rings is 1. The number of nitrogens with one attached hydrogen (secondary N) is 2.